The van der Waals surface area contributed by atoms with Gasteiger partial charge in [0.05, 0.1) is 16.8 Å². The van der Waals surface area contributed by atoms with Crippen molar-refractivity contribution in [2.75, 3.05) is 6.61 Å². The van der Waals surface area contributed by atoms with Gasteiger partial charge in [-0.15, -0.1) is 12.3 Å². The molecule has 0 aromatic carbocycles. The van der Waals surface area contributed by atoms with E-state index in [4.69, 9.17) is 0 Å². The third-order valence-corrected chi connectivity index (χ3v) is 0.287. The maximum Gasteiger partial charge on any atom is 0.404 e. The Morgan fingerprint density at radius 2 is 2.33 bits per heavy atom. The third-order valence-electron chi connectivity index (χ3n) is 0.287. The number of carbonyl (C=O) groups excluding carboxylic acids is 1. The topological polar surface area (TPSA) is 52.3 Å². The van der Waals surface area contributed by atoms with E-state index in [2.05, 4.69) is 27.3 Å². The lowest BCUT2D eigenvalue weighted by Crippen LogP contribution is -2.11. The molecule has 0 saturated carbocycles. The number of carbonyl (C=O) groups is 1. The van der Waals surface area contributed by atoms with E-state index < -0.39 is 6.09 Å². The highest BCUT2D eigenvalue weighted by Crippen LogP contribution is 1.66. The number of hydrogen-bond acceptors (Lipinski definition) is 2. The molecule has 0 fully saturated rings. The molecule has 9 heavy (non-hydrogen) atoms. The lowest BCUT2D eigenvalue weighted by atomic mass is 10.9. The zero-order valence-electron chi connectivity index (χ0n) is 5.39. The average molecular weight is 144 g/mol. The molecule has 0 bridgehead atoms. The van der Waals surface area contributed by atoms with E-state index in [0.29, 0.717) is 6.61 Å². The van der Waals surface area contributed by atoms with Crippen molar-refractivity contribution in [3.63, 3.8) is 0 Å². The first-order chi connectivity index (χ1) is 4.18. The first-order valence-electron chi connectivity index (χ1n) is 2.39. The molecule has 0 unspecified atom stereocenters. The Morgan fingerprint density at radius 3 is 2.33 bits per heavy atom. The fourth-order valence-electron chi connectivity index (χ4n) is 0.142. The minimum atomic E-state index is -0.711. The quantitative estimate of drug-likeness (QED) is 0.541. The number of ether oxygens (including phenoxy) is 1. The molecule has 0 aromatic rings. The summed E-state index contributed by atoms with van der Waals surface area (Å²) in [5.74, 6) is 0. The number of primary amides is 1. The van der Waals surface area contributed by atoms with Gasteiger partial charge in [0, 0.05) is 0 Å². The van der Waals surface area contributed by atoms with Crippen LogP contribution in [0.4, 0.5) is 4.79 Å². The molecular weight excluding hydrogens is 134 g/mol. The van der Waals surface area contributed by atoms with Gasteiger partial charge in [-0.2, -0.15) is 0 Å². The Kier molecular flexibility index (Phi) is 12.6. The first kappa shape index (κ1) is 11.1. The van der Waals surface area contributed by atoms with Crippen LogP contribution in [0.25, 0.3) is 0 Å². The molecule has 0 heterocycles. The Balaban J connectivity index is 0. The summed E-state index contributed by atoms with van der Waals surface area (Å²) in [6.45, 7) is 5.33. The van der Waals surface area contributed by atoms with E-state index in [9.17, 15) is 4.79 Å². The monoisotopic (exact) mass is 144 g/mol. The van der Waals surface area contributed by atoms with Crippen LogP contribution in [-0.2, 0) is 4.74 Å². The van der Waals surface area contributed by atoms with Gasteiger partial charge < -0.3 is 10.5 Å². The van der Waals surface area contributed by atoms with Gasteiger partial charge in [-0.1, -0.05) is 0 Å². The predicted molar refractivity (Wildman–Crippen MR) is 37.2 cm³/mol. The average Bonchev–Trinajstić information content (AvgIpc) is 1.67. The summed E-state index contributed by atoms with van der Waals surface area (Å²) < 4.78 is 4.18. The second-order valence-corrected chi connectivity index (χ2v) is 1.36. The summed E-state index contributed by atoms with van der Waals surface area (Å²) in [6, 6.07) is 0. The summed E-state index contributed by atoms with van der Waals surface area (Å²) in [5, 5.41) is 0. The molecule has 0 aliphatic heterocycles. The maximum atomic E-state index is 9.60. The van der Waals surface area contributed by atoms with Crippen molar-refractivity contribution in [3.05, 3.63) is 12.3 Å². The van der Waals surface area contributed by atoms with Crippen molar-refractivity contribution < 1.29 is 9.53 Å². The van der Waals surface area contributed by atoms with Crippen LogP contribution in [0.2, 0.25) is 0 Å². The van der Waals surface area contributed by atoms with Gasteiger partial charge in [-0.25, -0.2) is 4.79 Å². The van der Waals surface area contributed by atoms with E-state index in [1.807, 2.05) is 0 Å². The standard InChI is InChI=1S/C3H7NO2.C2H3Si/c1-2-6-3(4)5;1-2-3/h2H2,1H3,(H2,4,5);2H,1H2. The summed E-state index contributed by atoms with van der Waals surface area (Å²) in [5.41, 5.74) is 6.10. The first-order valence-corrected chi connectivity index (χ1v) is 2.97. The second-order valence-electron chi connectivity index (χ2n) is 0.956. The van der Waals surface area contributed by atoms with Crippen LogP contribution in [0.1, 0.15) is 6.92 Å². The number of rotatable bonds is 1. The van der Waals surface area contributed by atoms with Crippen molar-refractivity contribution in [1.82, 2.24) is 0 Å². The number of hydrogen-bond donors (Lipinski definition) is 1. The predicted octanol–water partition coefficient (Wildman–Crippen LogP) is 0.400. The van der Waals surface area contributed by atoms with Gasteiger partial charge in [0.2, 0.25) is 0 Å². The minimum absolute atomic E-state index is 0.356. The summed E-state index contributed by atoms with van der Waals surface area (Å²) >= 11 is 0. The van der Waals surface area contributed by atoms with Gasteiger partial charge in [0.15, 0.2) is 0 Å². The van der Waals surface area contributed by atoms with Crippen LogP contribution < -0.4 is 5.73 Å². The number of nitrogens with two attached hydrogens (primary N) is 1. The molecule has 0 aliphatic carbocycles. The molecule has 3 nitrogen and oxygen atoms in total. The largest absolute Gasteiger partial charge is 0.450 e. The minimum Gasteiger partial charge on any atom is -0.450 e. The van der Waals surface area contributed by atoms with E-state index >= 15 is 0 Å². The van der Waals surface area contributed by atoms with Gasteiger partial charge in [0.25, 0.3) is 0 Å². The Labute approximate surface area is 58.3 Å². The molecule has 0 aliphatic rings. The van der Waals surface area contributed by atoms with Crippen molar-refractivity contribution >= 4 is 16.3 Å². The van der Waals surface area contributed by atoms with Gasteiger partial charge in [-0.3, -0.25) is 0 Å². The van der Waals surface area contributed by atoms with Crippen molar-refractivity contribution in [1.29, 1.82) is 0 Å². The van der Waals surface area contributed by atoms with Crippen LogP contribution in [0.15, 0.2) is 12.3 Å². The second kappa shape index (κ2) is 10.3. The van der Waals surface area contributed by atoms with Crippen LogP contribution in [-0.4, -0.2) is 22.9 Å². The molecular formula is C5H10NO2Si. The highest BCUT2D eigenvalue weighted by Gasteiger charge is 1.82. The van der Waals surface area contributed by atoms with E-state index in [1.165, 1.54) is 0 Å². The van der Waals surface area contributed by atoms with Crippen molar-refractivity contribution in [2.24, 2.45) is 5.73 Å². The molecule has 0 atom stereocenters. The summed E-state index contributed by atoms with van der Waals surface area (Å²) in [4.78, 5) is 9.60. The maximum absolute atomic E-state index is 9.60. The highest BCUT2D eigenvalue weighted by molar-refractivity contribution is 6.16. The summed E-state index contributed by atoms with van der Waals surface area (Å²) in [6.07, 6.45) is -0.711. The van der Waals surface area contributed by atoms with Gasteiger partial charge >= 0.3 is 6.09 Å². The molecule has 3 radical (unpaired) electrons. The SMILES string of the molecule is C=C[Si].CCOC(N)=O. The van der Waals surface area contributed by atoms with Crippen LogP contribution in [0.3, 0.4) is 0 Å². The molecule has 4 heteroatoms. The van der Waals surface area contributed by atoms with Crippen LogP contribution in [0.5, 0.6) is 0 Å². The van der Waals surface area contributed by atoms with E-state index in [-0.39, 0.29) is 0 Å². The highest BCUT2D eigenvalue weighted by atomic mass is 28.1. The number of amides is 1. The van der Waals surface area contributed by atoms with Gasteiger partial charge in [-0.05, 0) is 6.92 Å². The normalized spacial score (nSPS) is 6.44. The molecule has 0 saturated heterocycles. The smallest absolute Gasteiger partial charge is 0.404 e. The van der Waals surface area contributed by atoms with Crippen molar-refractivity contribution in [3.8, 4) is 0 Å². The van der Waals surface area contributed by atoms with E-state index in [1.54, 1.807) is 12.6 Å². The lowest BCUT2D eigenvalue weighted by molar-refractivity contribution is 0.163. The molecule has 0 aromatic heterocycles. The fourth-order valence-corrected chi connectivity index (χ4v) is 0.142. The van der Waals surface area contributed by atoms with Crippen molar-refractivity contribution in [2.45, 2.75) is 6.92 Å². The fraction of sp³-hybridized carbons (Fsp3) is 0.400. The Morgan fingerprint density at radius 1 is 2.00 bits per heavy atom. The van der Waals surface area contributed by atoms with E-state index in [0.717, 1.165) is 0 Å². The molecule has 2 N–H and O–H groups in total. The van der Waals surface area contributed by atoms with Crippen LogP contribution >= 0.6 is 0 Å². The van der Waals surface area contributed by atoms with Crippen LogP contribution in [0, 0.1) is 0 Å². The molecule has 0 rings (SSSR count). The molecule has 51 valence electrons. The zero-order chi connectivity index (χ0) is 7.70. The summed E-state index contributed by atoms with van der Waals surface area (Å²) in [7, 11) is 2.95. The molecule has 1 amide bonds. The Hall–Kier alpha value is -0.773. The third kappa shape index (κ3) is 39.8. The van der Waals surface area contributed by atoms with Gasteiger partial charge in [0.1, 0.15) is 0 Å². The Bertz CT molecular complexity index is 85.0. The zero-order valence-corrected chi connectivity index (χ0v) is 6.39. The molecule has 0 spiro atoms. The lowest BCUT2D eigenvalue weighted by Gasteiger charge is -1.89.